The van der Waals surface area contributed by atoms with Crippen LogP contribution in [0.3, 0.4) is 0 Å². The van der Waals surface area contributed by atoms with Crippen LogP contribution in [0.25, 0.3) is 0 Å². The van der Waals surface area contributed by atoms with Crippen LogP contribution in [0.4, 0.5) is 0 Å². The van der Waals surface area contributed by atoms with Gasteiger partial charge >= 0.3 is 0 Å². The number of nitrogens with two attached hydrogens (primary N) is 1. The minimum atomic E-state index is -3.67. The molecule has 0 heterocycles. The molecule has 2 N–H and O–H groups in total. The molecular formula is C12H15ClN2O2S. The van der Waals surface area contributed by atoms with Crippen LogP contribution in [0.5, 0.6) is 0 Å². The number of rotatable bonds is 5. The average Bonchev–Trinajstić information content (AvgIpc) is 2.36. The third-order valence-corrected chi connectivity index (χ3v) is 4.87. The van der Waals surface area contributed by atoms with E-state index in [4.69, 9.17) is 23.8 Å². The minimum Gasteiger partial charge on any atom is -0.326 e. The van der Waals surface area contributed by atoms with E-state index in [1.807, 2.05) is 0 Å². The van der Waals surface area contributed by atoms with Crippen molar-refractivity contribution in [3.05, 3.63) is 28.8 Å². The van der Waals surface area contributed by atoms with E-state index >= 15 is 0 Å². The van der Waals surface area contributed by atoms with Gasteiger partial charge in [0.05, 0.1) is 11.6 Å². The second-order valence-electron chi connectivity index (χ2n) is 3.60. The monoisotopic (exact) mass is 286 g/mol. The summed E-state index contributed by atoms with van der Waals surface area (Å²) in [6, 6.07) is 4.70. The first-order valence-electron chi connectivity index (χ1n) is 5.39. The highest BCUT2D eigenvalue weighted by Gasteiger charge is 2.25. The van der Waals surface area contributed by atoms with E-state index in [1.165, 1.54) is 16.4 Å². The lowest BCUT2D eigenvalue weighted by atomic mass is 10.2. The maximum atomic E-state index is 12.3. The predicted octanol–water partition coefficient (Wildman–Crippen LogP) is 1.44. The average molecular weight is 287 g/mol. The fourth-order valence-corrected chi connectivity index (χ4v) is 3.37. The minimum absolute atomic E-state index is 0.0159. The topological polar surface area (TPSA) is 63.4 Å². The summed E-state index contributed by atoms with van der Waals surface area (Å²) in [7, 11) is -3.67. The fourth-order valence-electron chi connectivity index (χ4n) is 1.48. The van der Waals surface area contributed by atoms with Gasteiger partial charge in [-0.15, -0.1) is 6.42 Å². The quantitative estimate of drug-likeness (QED) is 0.833. The van der Waals surface area contributed by atoms with Crippen molar-refractivity contribution in [2.24, 2.45) is 5.73 Å². The molecule has 1 rings (SSSR count). The van der Waals surface area contributed by atoms with Crippen LogP contribution in [0, 0.1) is 12.3 Å². The van der Waals surface area contributed by atoms with Crippen molar-refractivity contribution in [2.45, 2.75) is 18.4 Å². The van der Waals surface area contributed by atoms with Crippen LogP contribution >= 0.6 is 11.6 Å². The largest absolute Gasteiger partial charge is 0.326 e. The SMILES string of the molecule is C#CCN(CC)S(=O)(=O)c1cc(CN)ccc1Cl. The van der Waals surface area contributed by atoms with Crippen LogP contribution in [-0.4, -0.2) is 25.8 Å². The Bertz CT molecular complexity index is 564. The normalized spacial score (nSPS) is 11.5. The molecule has 0 fully saturated rings. The number of benzene rings is 1. The Morgan fingerprint density at radius 3 is 2.67 bits per heavy atom. The molecule has 1 aromatic carbocycles. The molecule has 0 aliphatic heterocycles. The van der Waals surface area contributed by atoms with Gasteiger partial charge in [0.25, 0.3) is 0 Å². The Kier molecular flexibility index (Phi) is 5.17. The number of nitrogens with zero attached hydrogens (tertiary/aromatic N) is 1. The third-order valence-electron chi connectivity index (χ3n) is 2.47. The van der Waals surface area contributed by atoms with Crippen molar-refractivity contribution in [1.82, 2.24) is 4.31 Å². The predicted molar refractivity (Wildman–Crippen MR) is 72.6 cm³/mol. The smallest absolute Gasteiger partial charge is 0.245 e. The van der Waals surface area contributed by atoms with Crippen LogP contribution in [-0.2, 0) is 16.6 Å². The first-order chi connectivity index (χ1) is 8.47. The molecular weight excluding hydrogens is 272 g/mol. The van der Waals surface area contributed by atoms with Gasteiger partial charge in [-0.25, -0.2) is 8.42 Å². The highest BCUT2D eigenvalue weighted by atomic mass is 35.5. The summed E-state index contributed by atoms with van der Waals surface area (Å²) in [4.78, 5) is 0.0456. The number of sulfonamides is 1. The molecule has 0 aromatic heterocycles. The summed E-state index contributed by atoms with van der Waals surface area (Å²) < 4.78 is 25.9. The Morgan fingerprint density at radius 1 is 1.50 bits per heavy atom. The highest BCUT2D eigenvalue weighted by molar-refractivity contribution is 7.89. The van der Waals surface area contributed by atoms with Gasteiger partial charge in [-0.2, -0.15) is 4.31 Å². The molecule has 0 aliphatic carbocycles. The number of terminal acetylenes is 1. The molecule has 18 heavy (non-hydrogen) atoms. The Balaban J connectivity index is 3.31. The zero-order chi connectivity index (χ0) is 13.8. The Labute approximate surface area is 113 Å². The zero-order valence-corrected chi connectivity index (χ0v) is 11.6. The lowest BCUT2D eigenvalue weighted by Crippen LogP contribution is -2.31. The van der Waals surface area contributed by atoms with Crippen molar-refractivity contribution in [3.8, 4) is 12.3 Å². The van der Waals surface area contributed by atoms with Gasteiger partial charge in [0.2, 0.25) is 10.0 Å². The first-order valence-corrected chi connectivity index (χ1v) is 7.21. The lowest BCUT2D eigenvalue weighted by Gasteiger charge is -2.19. The second-order valence-corrected chi connectivity index (χ2v) is 5.92. The van der Waals surface area contributed by atoms with Gasteiger partial charge in [-0.05, 0) is 17.7 Å². The molecule has 98 valence electrons. The number of hydrogen-bond donors (Lipinski definition) is 1. The molecule has 0 atom stereocenters. The van der Waals surface area contributed by atoms with E-state index in [2.05, 4.69) is 5.92 Å². The zero-order valence-electron chi connectivity index (χ0n) is 10.1. The van der Waals surface area contributed by atoms with Crippen LogP contribution in [0.1, 0.15) is 12.5 Å². The van der Waals surface area contributed by atoms with Crippen LogP contribution in [0.15, 0.2) is 23.1 Å². The summed E-state index contributed by atoms with van der Waals surface area (Å²) in [6.07, 6.45) is 5.16. The van der Waals surface area contributed by atoms with Crippen molar-refractivity contribution < 1.29 is 8.42 Å². The molecule has 4 nitrogen and oxygen atoms in total. The fraction of sp³-hybridized carbons (Fsp3) is 0.333. The molecule has 0 saturated carbocycles. The lowest BCUT2D eigenvalue weighted by molar-refractivity contribution is 0.464. The Hall–Kier alpha value is -1.06. The van der Waals surface area contributed by atoms with Gasteiger partial charge in [0.1, 0.15) is 4.90 Å². The van der Waals surface area contributed by atoms with E-state index in [9.17, 15) is 8.42 Å². The summed E-state index contributed by atoms with van der Waals surface area (Å²) in [6.45, 7) is 2.27. The molecule has 0 bridgehead atoms. The van der Waals surface area contributed by atoms with E-state index in [0.717, 1.165) is 0 Å². The van der Waals surface area contributed by atoms with E-state index < -0.39 is 10.0 Å². The van der Waals surface area contributed by atoms with Gasteiger partial charge in [-0.3, -0.25) is 0 Å². The summed E-state index contributed by atoms with van der Waals surface area (Å²) >= 11 is 5.94. The van der Waals surface area contributed by atoms with Gasteiger partial charge < -0.3 is 5.73 Å². The molecule has 0 radical (unpaired) electrons. The standard InChI is InChI=1S/C12H15ClN2O2S/c1-3-7-15(4-2)18(16,17)12-8-10(9-14)5-6-11(12)13/h1,5-6,8H,4,7,9,14H2,2H3. The van der Waals surface area contributed by atoms with Crippen molar-refractivity contribution in [3.63, 3.8) is 0 Å². The molecule has 0 amide bonds. The molecule has 0 spiro atoms. The van der Waals surface area contributed by atoms with Crippen molar-refractivity contribution in [2.75, 3.05) is 13.1 Å². The maximum absolute atomic E-state index is 12.3. The number of hydrogen-bond acceptors (Lipinski definition) is 3. The van der Waals surface area contributed by atoms with E-state index in [0.29, 0.717) is 5.56 Å². The van der Waals surface area contributed by atoms with Crippen LogP contribution in [0.2, 0.25) is 5.02 Å². The molecule has 0 aliphatic rings. The Morgan fingerprint density at radius 2 is 2.17 bits per heavy atom. The summed E-state index contributed by atoms with van der Waals surface area (Å²) in [5, 5.41) is 0.169. The summed E-state index contributed by atoms with van der Waals surface area (Å²) in [5.41, 5.74) is 6.20. The summed E-state index contributed by atoms with van der Waals surface area (Å²) in [5.74, 6) is 2.32. The second kappa shape index (κ2) is 6.21. The first kappa shape index (κ1) is 15.0. The molecule has 0 saturated heterocycles. The number of halogens is 1. The highest BCUT2D eigenvalue weighted by Crippen LogP contribution is 2.25. The molecule has 6 heteroatoms. The van der Waals surface area contributed by atoms with Gasteiger partial charge in [-0.1, -0.05) is 30.5 Å². The van der Waals surface area contributed by atoms with Crippen molar-refractivity contribution in [1.29, 1.82) is 0 Å². The molecule has 0 unspecified atom stereocenters. The molecule has 1 aromatic rings. The van der Waals surface area contributed by atoms with Crippen LogP contribution < -0.4 is 5.73 Å². The van der Waals surface area contributed by atoms with E-state index in [1.54, 1.807) is 13.0 Å². The van der Waals surface area contributed by atoms with Gasteiger partial charge in [0, 0.05) is 13.1 Å². The van der Waals surface area contributed by atoms with Gasteiger partial charge in [0.15, 0.2) is 0 Å². The van der Waals surface area contributed by atoms with E-state index in [-0.39, 0.29) is 29.6 Å². The van der Waals surface area contributed by atoms with Crippen molar-refractivity contribution >= 4 is 21.6 Å². The third kappa shape index (κ3) is 3.03. The maximum Gasteiger partial charge on any atom is 0.245 e.